The lowest BCUT2D eigenvalue weighted by Gasteiger charge is -2.20. The second-order valence-corrected chi connectivity index (χ2v) is 11.4. The van der Waals surface area contributed by atoms with E-state index < -0.39 is 27.9 Å². The van der Waals surface area contributed by atoms with Crippen LogP contribution >= 0.6 is 34.5 Å². The topological polar surface area (TPSA) is 108 Å². The average Bonchev–Trinajstić information content (AvgIpc) is 3.22. The molecule has 0 bridgehead atoms. The Morgan fingerprint density at radius 3 is 2.51 bits per heavy atom. The minimum Gasteiger partial charge on any atom is -0.381 e. The third-order valence-corrected chi connectivity index (χ3v) is 8.58. The predicted molar refractivity (Wildman–Crippen MR) is 128 cm³/mol. The van der Waals surface area contributed by atoms with E-state index in [9.17, 15) is 21.6 Å². The maximum atomic E-state index is 13.2. The van der Waals surface area contributed by atoms with Crippen LogP contribution in [0.5, 0.6) is 0 Å². The van der Waals surface area contributed by atoms with Crippen molar-refractivity contribution >= 4 is 44.6 Å². The highest BCUT2D eigenvalue weighted by molar-refractivity contribution is 7.89. The van der Waals surface area contributed by atoms with Crippen molar-refractivity contribution in [3.63, 3.8) is 0 Å². The molecule has 2 aromatic heterocycles. The Hall–Kier alpha value is -1.83. The molecule has 0 amide bonds. The van der Waals surface area contributed by atoms with Crippen LogP contribution in [-0.2, 0) is 14.8 Å². The molecule has 14 heteroatoms. The number of nitrogens with zero attached hydrogens (tertiary/aromatic N) is 3. The van der Waals surface area contributed by atoms with Gasteiger partial charge < -0.3 is 4.74 Å². The molecule has 3 heterocycles. The first-order chi connectivity index (χ1) is 16.4. The van der Waals surface area contributed by atoms with Crippen molar-refractivity contribution in [2.24, 2.45) is 5.14 Å². The summed E-state index contributed by atoms with van der Waals surface area (Å²) in [6.07, 6.45) is -3.47. The number of aromatic nitrogens is 3. The maximum Gasteiger partial charge on any atom is 0.390 e. The summed E-state index contributed by atoms with van der Waals surface area (Å²) in [5.74, 6) is 0.114. The largest absolute Gasteiger partial charge is 0.390 e. The standard InChI is InChI=1S/C21H19Cl2F3N4O3S2/c22-16-12(15(35(27,31)32)10-21(24,25)26)2-1-3-13(16)17-18(14-4-7-28-20(23)29-14)34-19(30-17)11-5-8-33-9-6-11/h1-4,7,11,15H,5-6,8-10H2,(H2,27,31,32). The highest BCUT2D eigenvalue weighted by Gasteiger charge is 2.39. The molecule has 35 heavy (non-hydrogen) atoms. The third kappa shape index (κ3) is 6.12. The SMILES string of the molecule is NS(=O)(=O)C(CC(F)(F)F)c1cccc(-c2nc(C3CCOCC3)sc2-c2ccnc(Cl)n2)c1Cl. The Balaban J connectivity index is 1.88. The van der Waals surface area contributed by atoms with Gasteiger partial charge in [0.05, 0.1) is 32.7 Å². The molecule has 2 N–H and O–H groups in total. The number of ether oxygens (including phenoxy) is 1. The van der Waals surface area contributed by atoms with Crippen molar-refractivity contribution in [1.29, 1.82) is 0 Å². The number of halogens is 5. The van der Waals surface area contributed by atoms with Gasteiger partial charge in [-0.2, -0.15) is 13.2 Å². The lowest BCUT2D eigenvalue weighted by atomic mass is 10.0. The lowest BCUT2D eigenvalue weighted by molar-refractivity contribution is -0.134. The maximum absolute atomic E-state index is 13.2. The van der Waals surface area contributed by atoms with Crippen molar-refractivity contribution in [2.45, 2.75) is 36.6 Å². The molecule has 0 spiro atoms. The zero-order valence-corrected chi connectivity index (χ0v) is 21.1. The van der Waals surface area contributed by atoms with Gasteiger partial charge in [0.2, 0.25) is 15.3 Å². The summed E-state index contributed by atoms with van der Waals surface area (Å²) < 4.78 is 69.2. The molecular formula is C21H19Cl2F3N4O3S2. The van der Waals surface area contributed by atoms with Gasteiger partial charge in [-0.05, 0) is 36.1 Å². The highest BCUT2D eigenvalue weighted by atomic mass is 35.5. The molecule has 4 rings (SSSR count). The van der Waals surface area contributed by atoms with Crippen LogP contribution < -0.4 is 5.14 Å². The van der Waals surface area contributed by atoms with E-state index in [0.717, 1.165) is 17.8 Å². The number of benzene rings is 1. The Morgan fingerprint density at radius 1 is 1.17 bits per heavy atom. The number of rotatable bonds is 6. The molecule has 7 nitrogen and oxygen atoms in total. The fourth-order valence-corrected chi connectivity index (χ4v) is 6.62. The van der Waals surface area contributed by atoms with Gasteiger partial charge in [-0.3, -0.25) is 0 Å². The summed E-state index contributed by atoms with van der Waals surface area (Å²) in [4.78, 5) is 13.5. The summed E-state index contributed by atoms with van der Waals surface area (Å²) in [5, 5.41) is 3.72. The molecule has 0 saturated carbocycles. The van der Waals surface area contributed by atoms with E-state index in [1.54, 1.807) is 12.1 Å². The molecule has 0 radical (unpaired) electrons. The quantitative estimate of drug-likeness (QED) is 0.380. The average molecular weight is 567 g/mol. The van der Waals surface area contributed by atoms with Crippen molar-refractivity contribution in [3.8, 4) is 21.8 Å². The van der Waals surface area contributed by atoms with Crippen molar-refractivity contribution in [1.82, 2.24) is 15.0 Å². The van der Waals surface area contributed by atoms with E-state index in [-0.39, 0.29) is 27.4 Å². The molecule has 1 aliphatic rings. The monoisotopic (exact) mass is 566 g/mol. The smallest absolute Gasteiger partial charge is 0.381 e. The number of thiazole rings is 1. The van der Waals surface area contributed by atoms with Gasteiger partial charge in [0.1, 0.15) is 5.25 Å². The van der Waals surface area contributed by atoms with Crippen LogP contribution in [0.4, 0.5) is 13.2 Å². The zero-order chi connectivity index (χ0) is 25.4. The first-order valence-corrected chi connectivity index (χ1v) is 13.6. The van der Waals surface area contributed by atoms with Gasteiger partial charge in [-0.1, -0.05) is 29.8 Å². The van der Waals surface area contributed by atoms with E-state index in [0.29, 0.717) is 29.5 Å². The van der Waals surface area contributed by atoms with E-state index in [1.165, 1.54) is 29.7 Å². The second kappa shape index (κ2) is 10.3. The number of alkyl halides is 3. The fraction of sp³-hybridized carbons (Fsp3) is 0.381. The lowest BCUT2D eigenvalue weighted by Crippen LogP contribution is -2.27. The number of hydrogen-bond acceptors (Lipinski definition) is 7. The highest BCUT2D eigenvalue weighted by Crippen LogP contribution is 2.45. The molecule has 1 saturated heterocycles. The second-order valence-electron chi connectivity index (χ2n) is 7.93. The number of primary sulfonamides is 1. The van der Waals surface area contributed by atoms with Crippen molar-refractivity contribution < 1.29 is 26.3 Å². The van der Waals surface area contributed by atoms with Crippen LogP contribution in [-0.4, -0.2) is 42.8 Å². The van der Waals surface area contributed by atoms with Gasteiger partial charge in [0, 0.05) is 30.9 Å². The van der Waals surface area contributed by atoms with Gasteiger partial charge in [-0.25, -0.2) is 28.5 Å². The molecule has 1 atom stereocenters. The molecule has 1 unspecified atom stereocenters. The van der Waals surface area contributed by atoms with E-state index in [4.69, 9.17) is 38.1 Å². The van der Waals surface area contributed by atoms with Gasteiger partial charge in [-0.15, -0.1) is 11.3 Å². The Morgan fingerprint density at radius 2 is 1.89 bits per heavy atom. The van der Waals surface area contributed by atoms with E-state index in [1.807, 2.05) is 0 Å². The fourth-order valence-electron chi connectivity index (χ4n) is 3.87. The molecule has 188 valence electrons. The van der Waals surface area contributed by atoms with Crippen LogP contribution in [0, 0.1) is 0 Å². The minimum atomic E-state index is -4.78. The number of sulfonamides is 1. The summed E-state index contributed by atoms with van der Waals surface area (Å²) >= 11 is 13.9. The van der Waals surface area contributed by atoms with Crippen LogP contribution in [0.1, 0.15) is 41.0 Å². The Bertz CT molecular complexity index is 1330. The van der Waals surface area contributed by atoms with Crippen LogP contribution in [0.15, 0.2) is 30.5 Å². The van der Waals surface area contributed by atoms with Crippen molar-refractivity contribution in [3.05, 3.63) is 51.3 Å². The molecular weight excluding hydrogens is 548 g/mol. The molecule has 3 aromatic rings. The zero-order valence-electron chi connectivity index (χ0n) is 17.9. The Labute approximate surface area is 213 Å². The van der Waals surface area contributed by atoms with E-state index >= 15 is 0 Å². The predicted octanol–water partition coefficient (Wildman–Crippen LogP) is 5.75. The van der Waals surface area contributed by atoms with E-state index in [2.05, 4.69) is 9.97 Å². The summed E-state index contributed by atoms with van der Waals surface area (Å²) in [5.41, 5.74) is 0.824. The van der Waals surface area contributed by atoms with Crippen LogP contribution in [0.25, 0.3) is 21.8 Å². The minimum absolute atomic E-state index is 0.00813. The summed E-state index contributed by atoms with van der Waals surface area (Å²) in [6, 6.07) is 5.84. The van der Waals surface area contributed by atoms with Gasteiger partial charge in [0.25, 0.3) is 0 Å². The summed E-state index contributed by atoms with van der Waals surface area (Å²) in [7, 11) is -4.63. The molecule has 0 aliphatic carbocycles. The van der Waals surface area contributed by atoms with Crippen molar-refractivity contribution in [2.75, 3.05) is 13.2 Å². The normalized spacial score (nSPS) is 16.4. The van der Waals surface area contributed by atoms with Crippen LogP contribution in [0.3, 0.4) is 0 Å². The third-order valence-electron chi connectivity index (χ3n) is 5.52. The van der Waals surface area contributed by atoms with Gasteiger partial charge >= 0.3 is 6.18 Å². The molecule has 1 fully saturated rings. The summed E-state index contributed by atoms with van der Waals surface area (Å²) in [6.45, 7) is 1.16. The van der Waals surface area contributed by atoms with Gasteiger partial charge in [0.15, 0.2) is 0 Å². The Kier molecular flexibility index (Phi) is 7.70. The molecule has 1 aromatic carbocycles. The first-order valence-electron chi connectivity index (χ1n) is 10.4. The first kappa shape index (κ1) is 26.2. The number of hydrogen-bond donors (Lipinski definition) is 1. The molecule has 1 aliphatic heterocycles. The number of nitrogens with two attached hydrogens (primary N) is 1. The van der Waals surface area contributed by atoms with Crippen LogP contribution in [0.2, 0.25) is 10.3 Å².